The first kappa shape index (κ1) is 19.4. The van der Waals surface area contributed by atoms with Gasteiger partial charge in [-0.15, -0.1) is 0 Å². The Morgan fingerprint density at radius 3 is 2.42 bits per heavy atom. The highest BCUT2D eigenvalue weighted by atomic mass is 28.4. The Bertz CT molecular complexity index is 471. The van der Waals surface area contributed by atoms with E-state index in [2.05, 4.69) is 16.8 Å². The molecule has 26 heavy (non-hydrogen) atoms. The van der Waals surface area contributed by atoms with Crippen LogP contribution in [0.5, 0.6) is 0 Å². The summed E-state index contributed by atoms with van der Waals surface area (Å²) in [6.07, 6.45) is 13.8. The Morgan fingerprint density at radius 1 is 0.846 bits per heavy atom. The summed E-state index contributed by atoms with van der Waals surface area (Å²) in [6, 6.07) is 0.701. The molecule has 5 heteroatoms. The van der Waals surface area contributed by atoms with E-state index in [1.165, 1.54) is 70.8 Å². The van der Waals surface area contributed by atoms with E-state index in [1.807, 2.05) is 14.2 Å². The lowest BCUT2D eigenvalue weighted by Crippen LogP contribution is -2.76. The first-order chi connectivity index (χ1) is 12.7. The molecule has 0 amide bonds. The lowest BCUT2D eigenvalue weighted by atomic mass is 9.69. The fraction of sp³-hybridized carbons (Fsp3) is 1.00. The zero-order valence-corrected chi connectivity index (χ0v) is 18.2. The van der Waals surface area contributed by atoms with Crippen LogP contribution in [-0.4, -0.2) is 52.3 Å². The van der Waals surface area contributed by atoms with Crippen LogP contribution in [0.2, 0.25) is 0 Å². The van der Waals surface area contributed by atoms with Crippen LogP contribution >= 0.6 is 0 Å². The van der Waals surface area contributed by atoms with Gasteiger partial charge in [-0.1, -0.05) is 32.6 Å². The SMILES string of the molecule is CO[Si](OC)(C1NCCC2C(C)CCCC21)N1CCCC2CCCCC21. The molecule has 4 aliphatic rings. The topological polar surface area (TPSA) is 33.7 Å². The van der Waals surface area contributed by atoms with Crippen LogP contribution in [0, 0.1) is 23.7 Å². The summed E-state index contributed by atoms with van der Waals surface area (Å²) in [7, 11) is 1.42. The Morgan fingerprint density at radius 2 is 1.62 bits per heavy atom. The van der Waals surface area contributed by atoms with Gasteiger partial charge in [0.25, 0.3) is 0 Å². The van der Waals surface area contributed by atoms with E-state index in [0.29, 0.717) is 11.7 Å². The Kier molecular flexibility index (Phi) is 6.11. The van der Waals surface area contributed by atoms with Crippen LogP contribution in [0.4, 0.5) is 0 Å². The average molecular weight is 381 g/mol. The van der Waals surface area contributed by atoms with Crippen LogP contribution in [0.3, 0.4) is 0 Å². The van der Waals surface area contributed by atoms with Crippen LogP contribution in [-0.2, 0) is 8.85 Å². The minimum atomic E-state index is -2.47. The van der Waals surface area contributed by atoms with Crippen molar-refractivity contribution in [2.45, 2.75) is 82.8 Å². The molecule has 2 aliphatic carbocycles. The van der Waals surface area contributed by atoms with Gasteiger partial charge in [0, 0.05) is 20.3 Å². The molecule has 0 aromatic heterocycles. The summed E-state index contributed by atoms with van der Waals surface area (Å²) in [5.41, 5.74) is 0.430. The molecule has 6 atom stereocenters. The van der Waals surface area contributed by atoms with Gasteiger partial charge in [0.05, 0.1) is 5.67 Å². The molecule has 0 bridgehead atoms. The number of fused-ring (bicyclic) bond motifs is 2. The highest BCUT2D eigenvalue weighted by Crippen LogP contribution is 2.45. The van der Waals surface area contributed by atoms with Gasteiger partial charge in [0.1, 0.15) is 0 Å². The third kappa shape index (κ3) is 3.22. The minimum Gasteiger partial charge on any atom is -0.385 e. The fourth-order valence-electron chi connectivity index (χ4n) is 7.16. The van der Waals surface area contributed by atoms with Gasteiger partial charge in [0.2, 0.25) is 0 Å². The first-order valence-electron chi connectivity index (χ1n) is 11.3. The molecule has 4 nitrogen and oxygen atoms in total. The second-order valence-corrected chi connectivity index (χ2v) is 12.7. The summed E-state index contributed by atoms with van der Waals surface area (Å²) in [4.78, 5) is 0. The third-order valence-corrected chi connectivity index (χ3v) is 12.3. The smallest absolute Gasteiger partial charge is 0.385 e. The molecule has 0 aromatic carbocycles. The molecule has 0 radical (unpaired) electrons. The molecule has 2 aliphatic heterocycles. The average Bonchev–Trinajstić information content (AvgIpc) is 2.70. The predicted molar refractivity (Wildman–Crippen MR) is 108 cm³/mol. The molecular weight excluding hydrogens is 340 g/mol. The van der Waals surface area contributed by atoms with Gasteiger partial charge < -0.3 is 14.2 Å². The van der Waals surface area contributed by atoms with Crippen molar-refractivity contribution < 1.29 is 8.85 Å². The Hall–Kier alpha value is 0.0569. The lowest BCUT2D eigenvalue weighted by molar-refractivity contribution is 0.0261. The second-order valence-electron chi connectivity index (χ2n) is 9.44. The van der Waals surface area contributed by atoms with Gasteiger partial charge >= 0.3 is 8.72 Å². The highest BCUT2D eigenvalue weighted by molar-refractivity contribution is 6.66. The van der Waals surface area contributed by atoms with E-state index in [4.69, 9.17) is 8.85 Å². The quantitative estimate of drug-likeness (QED) is 0.752. The Labute approximate surface area is 161 Å². The van der Waals surface area contributed by atoms with Gasteiger partial charge in [-0.25, -0.2) is 0 Å². The molecule has 1 N–H and O–H groups in total. The van der Waals surface area contributed by atoms with Gasteiger partial charge in [0.15, 0.2) is 0 Å². The third-order valence-electron chi connectivity index (χ3n) is 8.37. The summed E-state index contributed by atoms with van der Waals surface area (Å²) >= 11 is 0. The molecule has 6 unspecified atom stereocenters. The summed E-state index contributed by atoms with van der Waals surface area (Å²) in [6.45, 7) is 4.81. The monoisotopic (exact) mass is 380 g/mol. The highest BCUT2D eigenvalue weighted by Gasteiger charge is 2.59. The number of rotatable bonds is 4. The van der Waals surface area contributed by atoms with Crippen LogP contribution in [0.1, 0.15) is 71.1 Å². The summed E-state index contributed by atoms with van der Waals surface area (Å²) in [5, 5.41) is 3.94. The molecule has 0 spiro atoms. The van der Waals surface area contributed by atoms with Crippen LogP contribution < -0.4 is 5.32 Å². The zero-order chi connectivity index (χ0) is 18.1. The van der Waals surface area contributed by atoms with E-state index >= 15 is 0 Å². The number of hydrogen-bond acceptors (Lipinski definition) is 4. The maximum atomic E-state index is 6.48. The van der Waals surface area contributed by atoms with E-state index in [9.17, 15) is 0 Å². The molecule has 150 valence electrons. The van der Waals surface area contributed by atoms with Crippen molar-refractivity contribution in [2.24, 2.45) is 23.7 Å². The maximum absolute atomic E-state index is 6.48. The summed E-state index contributed by atoms with van der Waals surface area (Å²) < 4.78 is 15.8. The van der Waals surface area contributed by atoms with Crippen molar-refractivity contribution in [3.05, 3.63) is 0 Å². The molecule has 4 rings (SSSR count). The molecule has 2 saturated carbocycles. The largest absolute Gasteiger partial charge is 0.445 e. The van der Waals surface area contributed by atoms with Crippen LogP contribution in [0.15, 0.2) is 0 Å². The predicted octanol–water partition coefficient (Wildman–Crippen LogP) is 3.83. The standard InChI is InChI=1S/C21H40N2O2Si/c1-16-8-6-11-19-18(16)13-14-22-21(19)26(24-2,25-3)23-15-7-10-17-9-4-5-12-20(17)23/h16-22H,4-15H2,1-3H3. The van der Waals surface area contributed by atoms with Gasteiger partial charge in [-0.2, -0.15) is 0 Å². The van der Waals surface area contributed by atoms with Crippen LogP contribution in [0.25, 0.3) is 0 Å². The molecular formula is C21H40N2O2Si. The maximum Gasteiger partial charge on any atom is 0.445 e. The van der Waals surface area contributed by atoms with Crippen molar-refractivity contribution in [1.29, 1.82) is 0 Å². The number of nitrogens with one attached hydrogen (secondary N) is 1. The van der Waals surface area contributed by atoms with Gasteiger partial charge in [-0.3, -0.25) is 4.57 Å². The number of nitrogens with zero attached hydrogens (tertiary/aromatic N) is 1. The number of hydrogen-bond donors (Lipinski definition) is 1. The van der Waals surface area contributed by atoms with Crippen molar-refractivity contribution in [2.75, 3.05) is 27.3 Å². The van der Waals surface area contributed by atoms with E-state index in [-0.39, 0.29) is 0 Å². The van der Waals surface area contributed by atoms with E-state index in [0.717, 1.165) is 30.2 Å². The fourth-order valence-corrected chi connectivity index (χ4v) is 11.3. The van der Waals surface area contributed by atoms with Crippen molar-refractivity contribution in [3.8, 4) is 0 Å². The molecule has 2 heterocycles. The second kappa shape index (κ2) is 8.20. The first-order valence-corrected chi connectivity index (χ1v) is 13.2. The zero-order valence-electron chi connectivity index (χ0n) is 17.2. The lowest BCUT2D eigenvalue weighted by Gasteiger charge is -2.56. The van der Waals surface area contributed by atoms with Crippen molar-refractivity contribution >= 4 is 8.72 Å². The molecule has 2 saturated heterocycles. The minimum absolute atomic E-state index is 0.430. The van der Waals surface area contributed by atoms with E-state index in [1.54, 1.807) is 0 Å². The van der Waals surface area contributed by atoms with Crippen molar-refractivity contribution in [3.63, 3.8) is 0 Å². The summed E-state index contributed by atoms with van der Waals surface area (Å²) in [5.74, 6) is 3.34. The normalized spacial score (nSPS) is 42.1. The van der Waals surface area contributed by atoms with Crippen molar-refractivity contribution in [1.82, 2.24) is 9.88 Å². The number of piperidine rings is 2. The molecule has 0 aromatic rings. The molecule has 4 fully saturated rings. The van der Waals surface area contributed by atoms with Gasteiger partial charge in [-0.05, 0) is 75.3 Å². The Balaban J connectivity index is 1.64. The van der Waals surface area contributed by atoms with E-state index < -0.39 is 8.72 Å².